The van der Waals surface area contributed by atoms with Crippen molar-refractivity contribution in [3.8, 4) is 0 Å². The van der Waals surface area contributed by atoms with Gasteiger partial charge in [-0.2, -0.15) is 0 Å². The molecule has 4 unspecified atom stereocenters. The molecule has 2 rings (SSSR count). The van der Waals surface area contributed by atoms with Crippen LogP contribution in [-0.4, -0.2) is 168 Å². The monoisotopic (exact) mass is 719 g/mol. The summed E-state index contributed by atoms with van der Waals surface area (Å²) < 4.78 is 12.2. The number of aliphatic carboxylic acids is 1. The summed E-state index contributed by atoms with van der Waals surface area (Å²) in [5.74, 6) is -1.80. The topological polar surface area (TPSA) is 205 Å². The maximum Gasteiger partial charge on any atom is 0.317 e. The van der Waals surface area contributed by atoms with Crippen molar-refractivity contribution in [3.05, 3.63) is 71.8 Å². The molecule has 15 heteroatoms. The number of carbonyl (C=O) groups excluding carboxylic acids is 2. The molecule has 0 spiro atoms. The van der Waals surface area contributed by atoms with Crippen LogP contribution in [0.1, 0.15) is 25.0 Å². The zero-order chi connectivity index (χ0) is 37.4. The van der Waals surface area contributed by atoms with Gasteiger partial charge in [-0.3, -0.25) is 29.1 Å². The molecule has 0 bridgehead atoms. The number of ether oxygens (including phenoxy) is 2. The van der Waals surface area contributed by atoms with Crippen LogP contribution in [0.3, 0.4) is 0 Å². The van der Waals surface area contributed by atoms with E-state index < -0.39 is 43.5 Å². The molecule has 286 valence electrons. The van der Waals surface area contributed by atoms with Gasteiger partial charge in [-0.15, -0.1) is 0 Å². The summed E-state index contributed by atoms with van der Waals surface area (Å²) in [6.45, 7) is 4.33. The van der Waals surface area contributed by atoms with Gasteiger partial charge in [0.05, 0.1) is 71.5 Å². The quantitative estimate of drug-likeness (QED) is 0.0572. The maximum atomic E-state index is 12.9. The molecular weight excluding hydrogens is 662 g/mol. The highest BCUT2D eigenvalue weighted by Gasteiger charge is 2.29. The largest absolute Gasteiger partial charge is 0.480 e. The number of likely N-dealkylation sites (N-methyl/N-ethyl adjacent to an activating group) is 2. The van der Waals surface area contributed by atoms with Crippen LogP contribution < -0.4 is 10.6 Å². The minimum absolute atomic E-state index is 0.0561. The van der Waals surface area contributed by atoms with Crippen molar-refractivity contribution in [1.82, 2.24) is 25.3 Å². The van der Waals surface area contributed by atoms with E-state index >= 15 is 0 Å². The Hall–Kier alpha value is -3.51. The van der Waals surface area contributed by atoms with Crippen LogP contribution in [0.4, 0.5) is 0 Å². The van der Waals surface area contributed by atoms with Crippen LogP contribution in [0, 0.1) is 0 Å². The van der Waals surface area contributed by atoms with E-state index in [4.69, 9.17) is 19.7 Å². The minimum atomic E-state index is -1.09. The molecule has 4 atom stereocenters. The SMILES string of the molecule is CCN(CC(=O)NCC(O)CO)C(COCc1ccccc1)CN(CC(=O)O)CC(COCc1ccccc1)N(CC)CC(=O)NCC(O)CO. The second kappa shape index (κ2) is 25.4. The fraction of sp³-hybridized carbons (Fsp3) is 0.583. The molecular formula is C36H57N5O10. The molecule has 0 saturated heterocycles. The van der Waals surface area contributed by atoms with Crippen LogP contribution in [0.25, 0.3) is 0 Å². The second-order valence-electron chi connectivity index (χ2n) is 12.3. The van der Waals surface area contributed by atoms with Gasteiger partial charge in [0.25, 0.3) is 0 Å². The van der Waals surface area contributed by atoms with Gasteiger partial charge in [-0.05, 0) is 24.2 Å². The molecule has 0 saturated carbocycles. The zero-order valence-corrected chi connectivity index (χ0v) is 29.8. The fourth-order valence-corrected chi connectivity index (χ4v) is 5.38. The second-order valence-corrected chi connectivity index (χ2v) is 12.3. The van der Waals surface area contributed by atoms with Gasteiger partial charge >= 0.3 is 5.97 Å². The van der Waals surface area contributed by atoms with E-state index in [9.17, 15) is 29.7 Å². The molecule has 2 aromatic rings. The highest BCUT2D eigenvalue weighted by molar-refractivity contribution is 5.78. The molecule has 0 heterocycles. The molecule has 2 aromatic carbocycles. The van der Waals surface area contributed by atoms with Crippen LogP contribution in [-0.2, 0) is 37.1 Å². The molecule has 0 radical (unpaired) electrons. The van der Waals surface area contributed by atoms with Crippen molar-refractivity contribution >= 4 is 17.8 Å². The maximum absolute atomic E-state index is 12.9. The smallest absolute Gasteiger partial charge is 0.317 e. The van der Waals surface area contributed by atoms with Crippen molar-refractivity contribution in [2.45, 2.75) is 51.4 Å². The number of rotatable bonds is 28. The first kappa shape index (κ1) is 43.7. The number of nitrogens with one attached hydrogen (secondary N) is 2. The number of hydrogen-bond donors (Lipinski definition) is 7. The van der Waals surface area contributed by atoms with Gasteiger partial charge in [0.1, 0.15) is 0 Å². The minimum Gasteiger partial charge on any atom is -0.480 e. The van der Waals surface area contributed by atoms with Crippen LogP contribution in [0.2, 0.25) is 0 Å². The number of carboxylic acids is 1. The third-order valence-electron chi connectivity index (χ3n) is 8.17. The summed E-state index contributed by atoms with van der Waals surface area (Å²) in [7, 11) is 0. The lowest BCUT2D eigenvalue weighted by atomic mass is 10.1. The summed E-state index contributed by atoms with van der Waals surface area (Å²) in [4.78, 5) is 43.5. The molecule has 15 nitrogen and oxygen atoms in total. The van der Waals surface area contributed by atoms with Gasteiger partial charge in [0.15, 0.2) is 0 Å². The predicted molar refractivity (Wildman–Crippen MR) is 191 cm³/mol. The van der Waals surface area contributed by atoms with Gasteiger partial charge < -0.3 is 45.6 Å². The molecule has 0 aliphatic carbocycles. The Labute approximate surface area is 300 Å². The Kier molecular flexibility index (Phi) is 21.8. The Morgan fingerprint density at radius 2 is 1.06 bits per heavy atom. The van der Waals surface area contributed by atoms with Gasteiger partial charge in [-0.25, -0.2) is 0 Å². The number of aliphatic hydroxyl groups excluding tert-OH is 4. The van der Waals surface area contributed by atoms with E-state index in [0.717, 1.165) is 11.1 Å². The van der Waals surface area contributed by atoms with E-state index in [1.807, 2.05) is 84.3 Å². The highest BCUT2D eigenvalue weighted by Crippen LogP contribution is 2.12. The number of carboxylic acid groups (broad SMARTS) is 1. The average molecular weight is 720 g/mol. The van der Waals surface area contributed by atoms with Crippen LogP contribution >= 0.6 is 0 Å². The Bertz CT molecular complexity index is 1160. The number of nitrogens with zero attached hydrogens (tertiary/aromatic N) is 3. The summed E-state index contributed by atoms with van der Waals surface area (Å²) >= 11 is 0. The first-order valence-corrected chi connectivity index (χ1v) is 17.3. The molecule has 51 heavy (non-hydrogen) atoms. The predicted octanol–water partition coefficient (Wildman–Crippen LogP) is -0.874. The fourth-order valence-electron chi connectivity index (χ4n) is 5.38. The van der Waals surface area contributed by atoms with Gasteiger partial charge in [-0.1, -0.05) is 74.5 Å². The lowest BCUT2D eigenvalue weighted by molar-refractivity contribution is -0.139. The molecule has 0 aliphatic rings. The Morgan fingerprint density at radius 3 is 1.39 bits per heavy atom. The average Bonchev–Trinajstić information content (AvgIpc) is 3.13. The van der Waals surface area contributed by atoms with Crippen molar-refractivity contribution < 1.29 is 49.4 Å². The molecule has 0 aromatic heterocycles. The van der Waals surface area contributed by atoms with Crippen molar-refractivity contribution in [3.63, 3.8) is 0 Å². The summed E-state index contributed by atoms with van der Waals surface area (Å²) in [6.07, 6.45) is -2.19. The lowest BCUT2D eigenvalue weighted by Gasteiger charge is -2.38. The summed E-state index contributed by atoms with van der Waals surface area (Å²) in [5.41, 5.74) is 1.91. The van der Waals surface area contributed by atoms with Crippen molar-refractivity contribution in [2.24, 2.45) is 0 Å². The molecule has 0 aliphatic heterocycles. The van der Waals surface area contributed by atoms with E-state index in [1.54, 1.807) is 4.90 Å². The van der Waals surface area contributed by atoms with E-state index in [2.05, 4.69) is 10.6 Å². The first-order chi connectivity index (χ1) is 24.6. The molecule has 2 amide bonds. The molecule has 7 N–H and O–H groups in total. The van der Waals surface area contributed by atoms with E-state index in [-0.39, 0.29) is 70.8 Å². The van der Waals surface area contributed by atoms with E-state index in [0.29, 0.717) is 26.3 Å². The number of amides is 2. The zero-order valence-electron chi connectivity index (χ0n) is 29.8. The summed E-state index contributed by atoms with van der Waals surface area (Å²) in [5, 5.41) is 52.9. The Balaban J connectivity index is 2.32. The third kappa shape index (κ3) is 18.5. The van der Waals surface area contributed by atoms with Gasteiger partial charge in [0, 0.05) is 38.3 Å². The number of aliphatic hydroxyl groups is 4. The van der Waals surface area contributed by atoms with Crippen molar-refractivity contribution in [2.75, 3.05) is 85.3 Å². The molecule has 0 fully saturated rings. The van der Waals surface area contributed by atoms with Crippen LogP contribution in [0.15, 0.2) is 60.7 Å². The number of carbonyl (C=O) groups is 3. The van der Waals surface area contributed by atoms with Crippen LogP contribution in [0.5, 0.6) is 0 Å². The van der Waals surface area contributed by atoms with E-state index in [1.165, 1.54) is 0 Å². The first-order valence-electron chi connectivity index (χ1n) is 17.3. The normalized spacial score (nSPS) is 14.0. The lowest BCUT2D eigenvalue weighted by Crippen LogP contribution is -2.55. The van der Waals surface area contributed by atoms with Crippen molar-refractivity contribution in [1.29, 1.82) is 0 Å². The number of hydrogen-bond acceptors (Lipinski definition) is 12. The third-order valence-corrected chi connectivity index (χ3v) is 8.17. The van der Waals surface area contributed by atoms with Gasteiger partial charge in [0.2, 0.25) is 11.8 Å². The Morgan fingerprint density at radius 1 is 0.667 bits per heavy atom. The summed E-state index contributed by atoms with van der Waals surface area (Å²) in [6, 6.07) is 18.3. The number of benzene rings is 2. The standard InChI is InChI=1S/C36H57N5O10/c1-3-40(19-34(46)37-15-32(44)22-42)30(26-50-24-28-11-7-5-8-12-28)17-39(21-36(48)49)18-31(27-51-25-29-13-9-6-10-14-29)41(4-2)20-35(47)38-16-33(45)23-43/h5-14,30-33,42-45H,3-4,15-27H2,1-2H3,(H,37,46)(H,38,47)(H,48,49). The highest BCUT2D eigenvalue weighted by atomic mass is 16.5.